The number of halogens is 5. The number of fused-ring (bicyclic) bond motifs is 1. The van der Waals surface area contributed by atoms with E-state index in [1.807, 2.05) is 0 Å². The number of aromatic nitrogens is 1. The number of terminal acetylenes is 1. The van der Waals surface area contributed by atoms with Gasteiger partial charge in [0, 0.05) is 22.7 Å². The van der Waals surface area contributed by atoms with Crippen LogP contribution in [-0.4, -0.2) is 40.5 Å². The highest BCUT2D eigenvalue weighted by Crippen LogP contribution is 2.26. The third-order valence-corrected chi connectivity index (χ3v) is 6.38. The molecule has 0 saturated heterocycles. The van der Waals surface area contributed by atoms with Gasteiger partial charge in [-0.2, -0.15) is 8.78 Å². The van der Waals surface area contributed by atoms with E-state index in [-0.39, 0.29) is 17.9 Å². The monoisotopic (exact) mass is 608 g/mol. The van der Waals surface area contributed by atoms with Crippen LogP contribution in [0, 0.1) is 35.6 Å². The summed E-state index contributed by atoms with van der Waals surface area (Å²) in [5.41, 5.74) is -1.94. The second kappa shape index (κ2) is 13.1. The van der Waals surface area contributed by atoms with E-state index in [2.05, 4.69) is 11.2 Å². The van der Waals surface area contributed by atoms with Crippen molar-refractivity contribution in [3.8, 4) is 18.1 Å². The highest BCUT2D eigenvalue weighted by atomic mass is 35.5. The van der Waals surface area contributed by atoms with Crippen LogP contribution in [-0.2, 0) is 19.1 Å². The zero-order valence-corrected chi connectivity index (χ0v) is 23.4. The summed E-state index contributed by atoms with van der Waals surface area (Å²) in [6.45, 7) is 3.16. The Morgan fingerprint density at radius 3 is 2.33 bits per heavy atom. The van der Waals surface area contributed by atoms with Crippen LogP contribution in [0.15, 0.2) is 41.3 Å². The number of carbonyl (C=O) groups is 3. The molecule has 0 bridgehead atoms. The van der Waals surface area contributed by atoms with Crippen LogP contribution in [0.5, 0.6) is 5.75 Å². The standard InChI is InChI=1S/C29H25ClF4N2O6/c1-5-21(36-10-9-15-7-8-16(30)11-17(15)28(36)40)27(39)35-20(13-23(38)42-29(3,4)6-2)22(37)14-41-26-24(33)18(31)12-19(32)25(26)34/h2,7-12,20-21H,5,13-14H2,1,3-4H3,(H,35,39)/t20?,21-/m0/s1. The normalized spacial score (nSPS) is 12.7. The van der Waals surface area contributed by atoms with Gasteiger partial charge in [-0.05, 0) is 43.9 Å². The molecule has 1 amide bonds. The van der Waals surface area contributed by atoms with Crippen molar-refractivity contribution in [1.29, 1.82) is 0 Å². The molecule has 0 aliphatic rings. The molecule has 0 aliphatic heterocycles. The summed E-state index contributed by atoms with van der Waals surface area (Å²) in [6, 6.07) is 3.29. The fraction of sp³-hybridized carbons (Fsp3) is 0.310. The van der Waals surface area contributed by atoms with Crippen molar-refractivity contribution >= 4 is 40.0 Å². The quantitative estimate of drug-likeness (QED) is 0.147. The molecular weight excluding hydrogens is 584 g/mol. The summed E-state index contributed by atoms with van der Waals surface area (Å²) < 4.78 is 66.2. The summed E-state index contributed by atoms with van der Waals surface area (Å²) in [7, 11) is 0. The van der Waals surface area contributed by atoms with Crippen molar-refractivity contribution in [2.24, 2.45) is 0 Å². The Balaban J connectivity index is 1.90. The fourth-order valence-electron chi connectivity index (χ4n) is 3.94. The van der Waals surface area contributed by atoms with E-state index in [4.69, 9.17) is 27.5 Å². The van der Waals surface area contributed by atoms with Crippen molar-refractivity contribution in [1.82, 2.24) is 9.88 Å². The van der Waals surface area contributed by atoms with Gasteiger partial charge in [0.25, 0.3) is 5.56 Å². The lowest BCUT2D eigenvalue weighted by Crippen LogP contribution is -2.48. The van der Waals surface area contributed by atoms with Gasteiger partial charge >= 0.3 is 5.97 Å². The largest absolute Gasteiger partial charge is 0.479 e. The summed E-state index contributed by atoms with van der Waals surface area (Å²) in [5, 5.41) is 3.41. The number of ether oxygens (including phenoxy) is 2. The molecule has 1 N–H and O–H groups in total. The maximum Gasteiger partial charge on any atom is 0.309 e. The number of esters is 1. The molecule has 2 aromatic carbocycles. The molecule has 0 fully saturated rings. The average molecular weight is 609 g/mol. The van der Waals surface area contributed by atoms with E-state index in [1.165, 1.54) is 26.1 Å². The highest BCUT2D eigenvalue weighted by molar-refractivity contribution is 6.31. The predicted molar refractivity (Wildman–Crippen MR) is 145 cm³/mol. The molecule has 222 valence electrons. The molecule has 0 saturated carbocycles. The van der Waals surface area contributed by atoms with Gasteiger partial charge in [-0.3, -0.25) is 19.2 Å². The third-order valence-electron chi connectivity index (χ3n) is 6.14. The van der Waals surface area contributed by atoms with Gasteiger partial charge in [-0.15, -0.1) is 6.42 Å². The van der Waals surface area contributed by atoms with E-state index in [1.54, 1.807) is 25.1 Å². The number of carbonyl (C=O) groups excluding carboxylic acids is 3. The van der Waals surface area contributed by atoms with Crippen LogP contribution in [0.4, 0.5) is 17.6 Å². The van der Waals surface area contributed by atoms with Crippen LogP contribution in [0.1, 0.15) is 39.7 Å². The minimum absolute atomic E-state index is 0.0425. The topological polar surface area (TPSA) is 104 Å². The molecule has 0 aliphatic carbocycles. The van der Waals surface area contributed by atoms with E-state index in [0.29, 0.717) is 10.4 Å². The van der Waals surface area contributed by atoms with Gasteiger partial charge in [-0.25, -0.2) is 8.78 Å². The minimum Gasteiger partial charge on any atom is -0.479 e. The number of Topliss-reactive ketones (excluding diaryl/α,β-unsaturated/α-hetero) is 1. The lowest BCUT2D eigenvalue weighted by Gasteiger charge is -2.24. The van der Waals surface area contributed by atoms with E-state index in [9.17, 15) is 36.7 Å². The number of hydrogen-bond acceptors (Lipinski definition) is 6. The van der Waals surface area contributed by atoms with Crippen LogP contribution in [0.3, 0.4) is 0 Å². The molecule has 0 spiro atoms. The number of pyridine rings is 1. The van der Waals surface area contributed by atoms with Crippen molar-refractivity contribution in [3.63, 3.8) is 0 Å². The van der Waals surface area contributed by atoms with Crippen LogP contribution in [0.2, 0.25) is 5.02 Å². The second-order valence-electron chi connectivity index (χ2n) is 9.63. The lowest BCUT2D eigenvalue weighted by molar-refractivity contribution is -0.153. The molecule has 1 aromatic heterocycles. The van der Waals surface area contributed by atoms with Crippen LogP contribution in [0.25, 0.3) is 10.8 Å². The SMILES string of the molecule is C#CC(C)(C)OC(=O)CC(NC(=O)[C@H](CC)n1ccc2ccc(Cl)cc2c1=O)C(=O)COc1c(F)c(F)cc(F)c1F. The summed E-state index contributed by atoms with van der Waals surface area (Å²) in [5.74, 6) is -9.63. The first-order valence-electron chi connectivity index (χ1n) is 12.5. The molecule has 3 aromatic rings. The van der Waals surface area contributed by atoms with E-state index in [0.717, 1.165) is 4.57 Å². The third kappa shape index (κ3) is 7.28. The average Bonchev–Trinajstić information content (AvgIpc) is 2.93. The van der Waals surface area contributed by atoms with Gasteiger partial charge in [0.15, 0.2) is 28.8 Å². The highest BCUT2D eigenvalue weighted by Gasteiger charge is 2.32. The van der Waals surface area contributed by atoms with Crippen molar-refractivity contribution in [2.45, 2.75) is 51.3 Å². The van der Waals surface area contributed by atoms with E-state index < -0.39 is 82.9 Å². The number of hydrogen-bond donors (Lipinski definition) is 1. The zero-order chi connectivity index (χ0) is 31.4. The molecule has 2 atom stereocenters. The first-order valence-corrected chi connectivity index (χ1v) is 12.9. The molecule has 13 heteroatoms. The molecule has 1 unspecified atom stereocenters. The molecular formula is C29H25ClF4N2O6. The Hall–Kier alpha value is -4.37. The fourth-order valence-corrected chi connectivity index (χ4v) is 4.11. The molecule has 8 nitrogen and oxygen atoms in total. The van der Waals surface area contributed by atoms with Gasteiger partial charge in [0.05, 0.1) is 6.42 Å². The van der Waals surface area contributed by atoms with E-state index >= 15 is 0 Å². The molecule has 1 heterocycles. The molecule has 0 radical (unpaired) electrons. The maximum atomic E-state index is 14.0. The van der Waals surface area contributed by atoms with Crippen molar-refractivity contribution in [3.05, 3.63) is 75.2 Å². The van der Waals surface area contributed by atoms with Crippen molar-refractivity contribution < 1.29 is 41.4 Å². The smallest absolute Gasteiger partial charge is 0.309 e. The number of nitrogens with zero attached hydrogens (tertiary/aromatic N) is 1. The number of amides is 1. The minimum atomic E-state index is -1.89. The molecule has 3 rings (SSSR count). The number of benzene rings is 2. The second-order valence-corrected chi connectivity index (χ2v) is 10.1. The Kier molecular flexibility index (Phi) is 10.0. The Bertz CT molecular complexity index is 1620. The summed E-state index contributed by atoms with van der Waals surface area (Å²) in [4.78, 5) is 52.1. The summed E-state index contributed by atoms with van der Waals surface area (Å²) in [6.07, 6.45) is 5.95. The Labute approximate surface area is 242 Å². The van der Waals surface area contributed by atoms with Gasteiger partial charge < -0.3 is 19.4 Å². The molecule has 42 heavy (non-hydrogen) atoms. The van der Waals surface area contributed by atoms with Crippen LogP contribution >= 0.6 is 11.6 Å². The number of rotatable bonds is 11. The van der Waals surface area contributed by atoms with Gasteiger partial charge in [0.1, 0.15) is 18.7 Å². The van der Waals surface area contributed by atoms with Crippen molar-refractivity contribution in [2.75, 3.05) is 6.61 Å². The van der Waals surface area contributed by atoms with Gasteiger partial charge in [0.2, 0.25) is 17.5 Å². The Morgan fingerprint density at radius 2 is 1.74 bits per heavy atom. The zero-order valence-electron chi connectivity index (χ0n) is 22.6. The number of nitrogens with one attached hydrogen (secondary N) is 1. The Morgan fingerprint density at radius 1 is 1.10 bits per heavy atom. The lowest BCUT2D eigenvalue weighted by atomic mass is 10.1. The summed E-state index contributed by atoms with van der Waals surface area (Å²) >= 11 is 6.02. The first kappa shape index (κ1) is 32.1. The first-order chi connectivity index (χ1) is 19.7. The van der Waals surface area contributed by atoms with Crippen LogP contribution < -0.4 is 15.6 Å². The van der Waals surface area contributed by atoms with Gasteiger partial charge in [-0.1, -0.05) is 30.5 Å². The number of ketones is 1. The predicted octanol–water partition coefficient (Wildman–Crippen LogP) is 4.64. The maximum absolute atomic E-state index is 14.0.